The minimum atomic E-state index is 0.549. The van der Waals surface area contributed by atoms with E-state index in [9.17, 15) is 0 Å². The van der Waals surface area contributed by atoms with Gasteiger partial charge in [-0.1, -0.05) is 55.7 Å². The van der Waals surface area contributed by atoms with Gasteiger partial charge in [0, 0.05) is 17.1 Å². The maximum absolute atomic E-state index is 4.93. The zero-order chi connectivity index (χ0) is 12.7. The Morgan fingerprint density at radius 3 is 2.74 bits per heavy atom. The summed E-state index contributed by atoms with van der Waals surface area (Å²) in [6, 6.07) is 8.55. The molecule has 1 heterocycles. The maximum atomic E-state index is 4.93. The lowest BCUT2D eigenvalue weighted by Gasteiger charge is -2.30. The zero-order valence-corrected chi connectivity index (χ0v) is 11.2. The Kier molecular flexibility index (Phi) is 2.65. The van der Waals surface area contributed by atoms with E-state index in [1.54, 1.807) is 0 Å². The summed E-state index contributed by atoms with van der Waals surface area (Å²) in [6.07, 6.45) is 13.8. The molecule has 0 saturated heterocycles. The van der Waals surface area contributed by atoms with E-state index in [-0.39, 0.29) is 0 Å². The minimum absolute atomic E-state index is 0.549. The summed E-state index contributed by atoms with van der Waals surface area (Å²) in [5, 5.41) is 0. The second-order valence-electron chi connectivity index (χ2n) is 5.90. The summed E-state index contributed by atoms with van der Waals surface area (Å²) < 4.78 is 0. The summed E-state index contributed by atoms with van der Waals surface area (Å²) in [5.74, 6) is 1.36. The van der Waals surface area contributed by atoms with Crippen molar-refractivity contribution in [2.24, 2.45) is 16.8 Å². The van der Waals surface area contributed by atoms with Crippen LogP contribution in [0.25, 0.3) is 5.57 Å². The van der Waals surface area contributed by atoms with Gasteiger partial charge in [-0.05, 0) is 24.8 Å². The molecule has 1 unspecified atom stereocenters. The van der Waals surface area contributed by atoms with Crippen LogP contribution in [-0.2, 0) is 0 Å². The monoisotopic (exact) mass is 249 g/mol. The molecule has 0 aromatic heterocycles. The van der Waals surface area contributed by atoms with Crippen molar-refractivity contribution in [1.29, 1.82) is 0 Å². The van der Waals surface area contributed by atoms with Crippen molar-refractivity contribution in [3.8, 4) is 0 Å². The lowest BCUT2D eigenvalue weighted by molar-refractivity contribution is 0.329. The number of allylic oxidation sites excluding steroid dienone is 4. The second kappa shape index (κ2) is 4.48. The Morgan fingerprint density at radius 1 is 1.00 bits per heavy atom. The van der Waals surface area contributed by atoms with Gasteiger partial charge in [-0.25, -0.2) is 0 Å². The molecule has 2 aliphatic carbocycles. The molecular weight excluding hydrogens is 230 g/mol. The highest BCUT2D eigenvalue weighted by molar-refractivity contribution is 6.31. The summed E-state index contributed by atoms with van der Waals surface area (Å²) >= 11 is 0. The number of para-hydroxylation sites is 1. The number of fused-ring (bicyclic) bond motifs is 3. The summed E-state index contributed by atoms with van der Waals surface area (Å²) in [4.78, 5) is 4.93. The molecule has 0 spiro atoms. The van der Waals surface area contributed by atoms with Gasteiger partial charge in [0.15, 0.2) is 0 Å². The van der Waals surface area contributed by atoms with Crippen LogP contribution in [-0.4, -0.2) is 5.71 Å². The normalized spacial score (nSPS) is 25.6. The van der Waals surface area contributed by atoms with Gasteiger partial charge in [-0.3, -0.25) is 4.99 Å². The molecular formula is C18H19N. The molecule has 4 rings (SSSR count). The number of nitrogens with zero attached hydrogens (tertiary/aromatic N) is 1. The molecule has 1 atom stereocenters. The summed E-state index contributed by atoms with van der Waals surface area (Å²) in [5.41, 5.74) is 5.18. The molecule has 1 aromatic rings. The second-order valence-corrected chi connectivity index (χ2v) is 5.90. The largest absolute Gasteiger partial charge is 0.252 e. The molecule has 0 bridgehead atoms. The van der Waals surface area contributed by atoms with Crippen molar-refractivity contribution in [3.05, 3.63) is 48.1 Å². The molecule has 0 radical (unpaired) electrons. The van der Waals surface area contributed by atoms with Gasteiger partial charge in [0.05, 0.1) is 11.4 Å². The highest BCUT2D eigenvalue weighted by Crippen LogP contribution is 2.43. The van der Waals surface area contributed by atoms with Gasteiger partial charge < -0.3 is 0 Å². The highest BCUT2D eigenvalue weighted by atomic mass is 14.8. The van der Waals surface area contributed by atoms with Crippen molar-refractivity contribution in [3.63, 3.8) is 0 Å². The van der Waals surface area contributed by atoms with Gasteiger partial charge in [0.2, 0.25) is 0 Å². The van der Waals surface area contributed by atoms with Crippen molar-refractivity contribution >= 4 is 17.0 Å². The fraction of sp³-hybridized carbons (Fsp3) is 0.389. The molecule has 0 amide bonds. The molecule has 96 valence electrons. The van der Waals surface area contributed by atoms with E-state index in [0.717, 1.165) is 11.6 Å². The van der Waals surface area contributed by atoms with E-state index in [4.69, 9.17) is 4.99 Å². The van der Waals surface area contributed by atoms with Crippen LogP contribution < -0.4 is 0 Å². The minimum Gasteiger partial charge on any atom is -0.252 e. The molecule has 3 aliphatic rings. The van der Waals surface area contributed by atoms with E-state index in [2.05, 4.69) is 42.5 Å². The van der Waals surface area contributed by atoms with E-state index < -0.39 is 0 Å². The molecule has 1 saturated carbocycles. The number of aliphatic imine (C=N–C) groups is 1. The molecule has 19 heavy (non-hydrogen) atoms. The molecule has 1 fully saturated rings. The van der Waals surface area contributed by atoms with Crippen LogP contribution in [0.3, 0.4) is 0 Å². The molecule has 0 N–H and O–H groups in total. The first kappa shape index (κ1) is 11.2. The average Bonchev–Trinajstić information content (AvgIpc) is 2.87. The van der Waals surface area contributed by atoms with Crippen LogP contribution in [0.5, 0.6) is 0 Å². The van der Waals surface area contributed by atoms with E-state index in [0.29, 0.717) is 5.92 Å². The van der Waals surface area contributed by atoms with E-state index in [1.165, 1.54) is 49.0 Å². The predicted octanol–water partition coefficient (Wildman–Crippen LogP) is 4.92. The molecule has 1 nitrogen and oxygen atoms in total. The van der Waals surface area contributed by atoms with Crippen LogP contribution in [0.2, 0.25) is 0 Å². The van der Waals surface area contributed by atoms with Crippen molar-refractivity contribution in [2.45, 2.75) is 32.1 Å². The summed E-state index contributed by atoms with van der Waals surface area (Å²) in [6.45, 7) is 0. The van der Waals surface area contributed by atoms with Crippen molar-refractivity contribution in [2.75, 3.05) is 0 Å². The highest BCUT2D eigenvalue weighted by Gasteiger charge is 2.32. The fourth-order valence-corrected chi connectivity index (χ4v) is 3.79. The Balaban J connectivity index is 1.71. The Hall–Kier alpha value is -1.63. The fourth-order valence-electron chi connectivity index (χ4n) is 3.79. The smallest absolute Gasteiger partial charge is 0.0712 e. The van der Waals surface area contributed by atoms with Crippen molar-refractivity contribution < 1.29 is 0 Å². The maximum Gasteiger partial charge on any atom is 0.0712 e. The van der Waals surface area contributed by atoms with Crippen LogP contribution in [0.4, 0.5) is 5.69 Å². The van der Waals surface area contributed by atoms with Crippen molar-refractivity contribution in [1.82, 2.24) is 0 Å². The first-order valence-electron chi connectivity index (χ1n) is 7.50. The average molecular weight is 249 g/mol. The van der Waals surface area contributed by atoms with Gasteiger partial charge >= 0.3 is 0 Å². The third-order valence-corrected chi connectivity index (χ3v) is 4.77. The summed E-state index contributed by atoms with van der Waals surface area (Å²) in [7, 11) is 0. The Morgan fingerprint density at radius 2 is 1.84 bits per heavy atom. The number of hydrogen-bond donors (Lipinski definition) is 0. The number of rotatable bonds is 1. The third-order valence-electron chi connectivity index (χ3n) is 4.77. The lowest BCUT2D eigenvalue weighted by Crippen LogP contribution is -2.25. The first-order chi connectivity index (χ1) is 9.43. The van der Waals surface area contributed by atoms with E-state index in [1.807, 2.05) is 0 Å². The Bertz CT molecular complexity index is 585. The van der Waals surface area contributed by atoms with Crippen LogP contribution in [0.15, 0.2) is 47.5 Å². The van der Waals surface area contributed by atoms with Gasteiger partial charge in [-0.2, -0.15) is 0 Å². The molecule has 1 aliphatic heterocycles. The van der Waals surface area contributed by atoms with Gasteiger partial charge in [0.25, 0.3) is 0 Å². The SMILES string of the molecule is C1=CC(C2CCCCC2)C2=Nc3ccccc3C2=C1. The first-order valence-corrected chi connectivity index (χ1v) is 7.50. The van der Waals surface area contributed by atoms with Crippen LogP contribution >= 0.6 is 0 Å². The predicted molar refractivity (Wildman–Crippen MR) is 80.7 cm³/mol. The van der Waals surface area contributed by atoms with E-state index >= 15 is 0 Å². The van der Waals surface area contributed by atoms with Gasteiger partial charge in [-0.15, -0.1) is 0 Å². The third kappa shape index (κ3) is 1.80. The number of benzene rings is 1. The van der Waals surface area contributed by atoms with Crippen LogP contribution in [0, 0.1) is 11.8 Å². The molecule has 1 heteroatoms. The number of hydrogen-bond acceptors (Lipinski definition) is 1. The molecule has 1 aromatic carbocycles. The zero-order valence-electron chi connectivity index (χ0n) is 11.2. The Labute approximate surface area is 114 Å². The van der Waals surface area contributed by atoms with Gasteiger partial charge in [0.1, 0.15) is 0 Å². The quantitative estimate of drug-likeness (QED) is 0.669. The topological polar surface area (TPSA) is 12.4 Å². The van der Waals surface area contributed by atoms with Crippen LogP contribution in [0.1, 0.15) is 37.7 Å². The standard InChI is InChI=1S/C18H19N/c1-2-7-13(8-3-1)14-10-6-11-16-15-9-4-5-12-17(15)19-18(14)16/h4-6,9-14H,1-3,7-8H2. The lowest BCUT2D eigenvalue weighted by atomic mass is 9.74.